The SMILES string of the molecule is CCCC(CC)C(=O)O.CO. The minimum Gasteiger partial charge on any atom is -0.481 e. The van der Waals surface area contributed by atoms with Gasteiger partial charge in [-0.05, 0) is 12.8 Å². The summed E-state index contributed by atoms with van der Waals surface area (Å²) in [6.45, 7) is 3.92. The molecule has 0 radical (unpaired) electrons. The Balaban J connectivity index is 0. The fraction of sp³-hybridized carbons (Fsp3) is 0.875. The summed E-state index contributed by atoms with van der Waals surface area (Å²) in [6.07, 6.45) is 2.53. The smallest absolute Gasteiger partial charge is 0.306 e. The molecule has 3 nitrogen and oxygen atoms in total. The van der Waals surface area contributed by atoms with Gasteiger partial charge in [-0.3, -0.25) is 4.79 Å². The lowest BCUT2D eigenvalue weighted by atomic mass is 10.0. The van der Waals surface area contributed by atoms with Crippen LogP contribution >= 0.6 is 0 Å². The Morgan fingerprint density at radius 3 is 1.91 bits per heavy atom. The van der Waals surface area contributed by atoms with Crippen molar-refractivity contribution in [2.45, 2.75) is 33.1 Å². The van der Waals surface area contributed by atoms with E-state index in [4.69, 9.17) is 10.2 Å². The van der Waals surface area contributed by atoms with Gasteiger partial charge in [0, 0.05) is 7.11 Å². The number of hydrogen-bond donors (Lipinski definition) is 2. The molecule has 2 N–H and O–H groups in total. The van der Waals surface area contributed by atoms with Crippen molar-refractivity contribution < 1.29 is 15.0 Å². The predicted octanol–water partition coefficient (Wildman–Crippen LogP) is 1.51. The van der Waals surface area contributed by atoms with Crippen molar-refractivity contribution in [1.82, 2.24) is 0 Å². The molecule has 0 rings (SSSR count). The molecule has 0 aromatic rings. The summed E-state index contributed by atoms with van der Waals surface area (Å²) in [6, 6.07) is 0. The van der Waals surface area contributed by atoms with Gasteiger partial charge in [0.2, 0.25) is 0 Å². The summed E-state index contributed by atoms with van der Waals surface area (Å²) in [5, 5.41) is 15.5. The largest absolute Gasteiger partial charge is 0.481 e. The maximum Gasteiger partial charge on any atom is 0.306 e. The number of aliphatic hydroxyl groups is 1. The minimum absolute atomic E-state index is 0.116. The number of carbonyl (C=O) groups is 1. The van der Waals surface area contributed by atoms with Crippen LogP contribution in [0, 0.1) is 5.92 Å². The number of aliphatic hydroxyl groups excluding tert-OH is 1. The minimum atomic E-state index is -0.653. The van der Waals surface area contributed by atoms with Crippen LogP contribution < -0.4 is 0 Å². The van der Waals surface area contributed by atoms with Gasteiger partial charge in [-0.25, -0.2) is 0 Å². The van der Waals surface area contributed by atoms with Crippen LogP contribution in [0.2, 0.25) is 0 Å². The number of hydrogen-bond acceptors (Lipinski definition) is 2. The molecule has 0 aromatic heterocycles. The van der Waals surface area contributed by atoms with E-state index >= 15 is 0 Å². The van der Waals surface area contributed by atoms with Crippen molar-refractivity contribution in [2.24, 2.45) is 5.92 Å². The highest BCUT2D eigenvalue weighted by molar-refractivity contribution is 5.69. The van der Waals surface area contributed by atoms with E-state index in [1.165, 1.54) is 0 Å². The standard InChI is InChI=1S/C7H14O2.CH4O/c1-3-5-6(4-2)7(8)9;1-2/h6H,3-5H2,1-2H3,(H,8,9);2H,1H3. The number of aliphatic carboxylic acids is 1. The van der Waals surface area contributed by atoms with Crippen LogP contribution in [0.4, 0.5) is 0 Å². The summed E-state index contributed by atoms with van der Waals surface area (Å²) in [4.78, 5) is 10.3. The first-order valence-electron chi connectivity index (χ1n) is 3.89. The van der Waals surface area contributed by atoms with Crippen LogP contribution in [0.15, 0.2) is 0 Å². The van der Waals surface area contributed by atoms with Gasteiger partial charge in [-0.15, -0.1) is 0 Å². The predicted molar refractivity (Wildman–Crippen MR) is 44.5 cm³/mol. The Labute approximate surface area is 68.0 Å². The van der Waals surface area contributed by atoms with Gasteiger partial charge in [0.25, 0.3) is 0 Å². The Hall–Kier alpha value is -0.570. The number of carboxylic acids is 1. The lowest BCUT2D eigenvalue weighted by Gasteiger charge is -2.05. The molecule has 11 heavy (non-hydrogen) atoms. The molecular formula is C8H18O3. The van der Waals surface area contributed by atoms with Crippen LogP contribution in [-0.2, 0) is 4.79 Å². The second kappa shape index (κ2) is 9.43. The quantitative estimate of drug-likeness (QED) is 0.658. The molecule has 0 aromatic carbocycles. The van der Waals surface area contributed by atoms with Crippen molar-refractivity contribution in [1.29, 1.82) is 0 Å². The highest BCUT2D eigenvalue weighted by Gasteiger charge is 2.12. The zero-order valence-electron chi connectivity index (χ0n) is 7.50. The summed E-state index contributed by atoms with van der Waals surface area (Å²) in [7, 11) is 1.00. The molecule has 0 amide bonds. The molecule has 0 aliphatic carbocycles. The molecule has 0 spiro atoms. The zero-order chi connectivity index (χ0) is 9.28. The van der Waals surface area contributed by atoms with E-state index in [-0.39, 0.29) is 5.92 Å². The van der Waals surface area contributed by atoms with E-state index in [9.17, 15) is 4.79 Å². The third-order valence-corrected chi connectivity index (χ3v) is 1.48. The van der Waals surface area contributed by atoms with Crippen molar-refractivity contribution in [3.05, 3.63) is 0 Å². The van der Waals surface area contributed by atoms with Crippen molar-refractivity contribution >= 4 is 5.97 Å². The maximum absolute atomic E-state index is 10.3. The molecule has 0 saturated heterocycles. The van der Waals surface area contributed by atoms with E-state index < -0.39 is 5.97 Å². The topological polar surface area (TPSA) is 57.5 Å². The lowest BCUT2D eigenvalue weighted by molar-refractivity contribution is -0.142. The fourth-order valence-electron chi connectivity index (χ4n) is 0.851. The van der Waals surface area contributed by atoms with E-state index in [0.717, 1.165) is 26.4 Å². The van der Waals surface area contributed by atoms with Gasteiger partial charge in [0.05, 0.1) is 5.92 Å². The van der Waals surface area contributed by atoms with E-state index in [1.807, 2.05) is 13.8 Å². The van der Waals surface area contributed by atoms with Crippen molar-refractivity contribution in [3.8, 4) is 0 Å². The fourth-order valence-corrected chi connectivity index (χ4v) is 0.851. The third-order valence-electron chi connectivity index (χ3n) is 1.48. The van der Waals surface area contributed by atoms with Crippen molar-refractivity contribution in [3.63, 3.8) is 0 Å². The van der Waals surface area contributed by atoms with Crippen LogP contribution in [0.3, 0.4) is 0 Å². The molecule has 68 valence electrons. The second-order valence-electron chi connectivity index (χ2n) is 2.23. The summed E-state index contributed by atoms with van der Waals surface area (Å²) < 4.78 is 0. The Bertz CT molecular complexity index is 91.3. The molecular weight excluding hydrogens is 144 g/mol. The Morgan fingerprint density at radius 2 is 1.82 bits per heavy atom. The lowest BCUT2D eigenvalue weighted by Crippen LogP contribution is -2.11. The Kier molecular flexibility index (Phi) is 11.2. The van der Waals surface area contributed by atoms with Crippen LogP contribution in [-0.4, -0.2) is 23.3 Å². The number of rotatable bonds is 4. The normalized spacial score (nSPS) is 11.3. The summed E-state index contributed by atoms with van der Waals surface area (Å²) in [5.74, 6) is -0.769. The third kappa shape index (κ3) is 7.33. The van der Waals surface area contributed by atoms with E-state index in [2.05, 4.69) is 0 Å². The van der Waals surface area contributed by atoms with Gasteiger partial charge in [-0.1, -0.05) is 20.3 Å². The molecule has 1 unspecified atom stereocenters. The van der Waals surface area contributed by atoms with Gasteiger partial charge >= 0.3 is 5.97 Å². The van der Waals surface area contributed by atoms with Gasteiger partial charge in [-0.2, -0.15) is 0 Å². The molecule has 3 heteroatoms. The number of carboxylic acid groups (broad SMARTS) is 1. The molecule has 0 saturated carbocycles. The van der Waals surface area contributed by atoms with E-state index in [1.54, 1.807) is 0 Å². The molecule has 0 fully saturated rings. The molecule has 0 aliphatic rings. The molecule has 0 aliphatic heterocycles. The van der Waals surface area contributed by atoms with Crippen LogP contribution in [0.25, 0.3) is 0 Å². The van der Waals surface area contributed by atoms with Gasteiger partial charge in [0.1, 0.15) is 0 Å². The maximum atomic E-state index is 10.3. The first kappa shape index (κ1) is 13.1. The summed E-state index contributed by atoms with van der Waals surface area (Å²) in [5.41, 5.74) is 0. The van der Waals surface area contributed by atoms with E-state index in [0.29, 0.717) is 0 Å². The average molecular weight is 162 g/mol. The summed E-state index contributed by atoms with van der Waals surface area (Å²) >= 11 is 0. The van der Waals surface area contributed by atoms with Crippen LogP contribution in [0.5, 0.6) is 0 Å². The van der Waals surface area contributed by atoms with Gasteiger partial charge in [0.15, 0.2) is 0 Å². The molecule has 1 atom stereocenters. The zero-order valence-corrected chi connectivity index (χ0v) is 7.50. The first-order valence-corrected chi connectivity index (χ1v) is 3.89. The Morgan fingerprint density at radius 1 is 1.36 bits per heavy atom. The monoisotopic (exact) mass is 162 g/mol. The van der Waals surface area contributed by atoms with Crippen molar-refractivity contribution in [2.75, 3.05) is 7.11 Å². The molecule has 0 heterocycles. The second-order valence-corrected chi connectivity index (χ2v) is 2.23. The highest BCUT2D eigenvalue weighted by atomic mass is 16.4. The molecule has 0 bridgehead atoms. The van der Waals surface area contributed by atoms with Crippen LogP contribution in [0.1, 0.15) is 33.1 Å². The highest BCUT2D eigenvalue weighted by Crippen LogP contribution is 2.09. The van der Waals surface area contributed by atoms with Gasteiger partial charge < -0.3 is 10.2 Å². The average Bonchev–Trinajstić information content (AvgIpc) is 2.03. The first-order chi connectivity index (χ1) is 5.22.